The van der Waals surface area contributed by atoms with Crippen LogP contribution < -0.4 is 0 Å². The summed E-state index contributed by atoms with van der Waals surface area (Å²) in [6.07, 6.45) is 105. The van der Waals surface area contributed by atoms with Crippen LogP contribution in [0.25, 0.3) is 0 Å². The average Bonchev–Trinajstić information content (AvgIpc) is 0.898. The molecule has 5 unspecified atom stereocenters. The molecule has 0 aromatic carbocycles. The second kappa shape index (κ2) is 82.4. The van der Waals surface area contributed by atoms with E-state index in [1.807, 2.05) is 12.2 Å². The Morgan fingerprint density at radius 1 is 0.259 bits per heavy atom. The first-order chi connectivity index (χ1) is 54.7. The van der Waals surface area contributed by atoms with Gasteiger partial charge in [0.15, 0.2) is 12.2 Å². The maximum atomic E-state index is 13.1. The molecule has 0 radical (unpaired) electrons. The molecule has 0 aliphatic rings. The van der Waals surface area contributed by atoms with Gasteiger partial charge in [0, 0.05) is 19.3 Å². The number of carbonyl (C=O) groups is 4. The fourth-order valence-corrected chi connectivity index (χ4v) is 11.8. The largest absolute Gasteiger partial charge is 0.472 e. The van der Waals surface area contributed by atoms with Crippen molar-refractivity contribution in [1.82, 2.24) is 0 Å². The smallest absolute Gasteiger partial charge is 0.462 e. The summed E-state index contributed by atoms with van der Waals surface area (Å²) in [5, 5.41) is 10.7. The number of hydrogen-bond donors (Lipinski definition) is 3. The van der Waals surface area contributed by atoms with Crippen molar-refractivity contribution in [2.75, 3.05) is 39.6 Å². The van der Waals surface area contributed by atoms with Gasteiger partial charge in [-0.1, -0.05) is 304 Å². The molecule has 630 valence electrons. The average molecular weight is 1600 g/mol. The van der Waals surface area contributed by atoms with Crippen molar-refractivity contribution in [3.8, 4) is 0 Å². The third-order valence-corrected chi connectivity index (χ3v) is 18.4. The van der Waals surface area contributed by atoms with Crippen LogP contribution in [-0.2, 0) is 65.4 Å². The van der Waals surface area contributed by atoms with Gasteiger partial charge in [0.05, 0.1) is 32.8 Å². The van der Waals surface area contributed by atoms with Crippen LogP contribution in [0.1, 0.15) is 285 Å². The summed E-state index contributed by atoms with van der Waals surface area (Å²) in [5.74, 6) is -2.41. The lowest BCUT2D eigenvalue weighted by Crippen LogP contribution is -2.30. The summed E-state index contributed by atoms with van der Waals surface area (Å²) < 4.78 is 68.6. The molecule has 0 fully saturated rings. The molecule has 0 spiro atoms. The molecule has 5 atom stereocenters. The van der Waals surface area contributed by atoms with Gasteiger partial charge in [-0.25, -0.2) is 9.13 Å². The Balaban J connectivity index is 5.52. The lowest BCUT2D eigenvalue weighted by molar-refractivity contribution is -0.161. The molecule has 19 heteroatoms. The van der Waals surface area contributed by atoms with Crippen molar-refractivity contribution >= 4 is 39.5 Å². The van der Waals surface area contributed by atoms with E-state index >= 15 is 0 Å². The standard InChI is InChI=1S/C93H146O17P2/c1-5-9-13-17-21-25-29-33-37-40-43-46-50-53-57-61-65-69-73-77-90(95)103-83-88(109-92(97)79-75-71-67-63-59-55-49-36-32-28-24-20-16-12-8-4)85-107-111(99,100)105-81-87(94)82-106-112(101,102)108-86-89(110-93(98)80-76-72-68-64-60-56-52-48-45-42-39-35-31-27-23-19-15-11-7-3)84-104-91(96)78-74-70-66-62-58-54-51-47-44-41-38-34-30-26-22-18-14-10-6-2/h9-16,21-28,33-39,43-49,54,58-59,63,71,75,87-89,94H,5-8,17-20,29-32,40-42,50-53,55-57,60-62,64-70,72-74,76-86H2,1-4H3,(H,99,100)(H,101,102)/b13-9-,14-10-,15-11-,16-12-,25-21-,26-22-,27-23-,28-24-,37-33-,38-34-,39-35-,46-43-,47-44-,48-45-,49-36-,58-54-,63-59-,75-71-. The van der Waals surface area contributed by atoms with Crippen LogP contribution in [0.15, 0.2) is 219 Å². The molecule has 3 N–H and O–H groups in total. The second-order valence-electron chi connectivity index (χ2n) is 26.9. The van der Waals surface area contributed by atoms with Crippen molar-refractivity contribution in [1.29, 1.82) is 0 Å². The zero-order chi connectivity index (χ0) is 81.7. The SMILES string of the molecule is CC/C=C\C/C=C\C/C=C\C/C=C\C/C=C\CCCCCC(=O)OCC(COP(=O)(O)OCC(O)COP(=O)(O)OCC(COC(=O)CCCCCCCC/C=C\C/C=C\C/C=C\C/C=C\CC)OC(=O)C/C=C\C/C=C\C/C=C\C/C=C\C/C=C\CC)OC(=O)CCCCCCCC/C=C\C/C=C\C/C=C\C/C=C\CC. The van der Waals surface area contributed by atoms with E-state index in [2.05, 4.69) is 222 Å². The quantitative estimate of drug-likeness (QED) is 0.0169. The highest BCUT2D eigenvalue weighted by Gasteiger charge is 2.30. The summed E-state index contributed by atoms with van der Waals surface area (Å²) >= 11 is 0. The molecule has 0 heterocycles. The Morgan fingerprint density at radius 3 is 0.759 bits per heavy atom. The van der Waals surface area contributed by atoms with Crippen molar-refractivity contribution in [2.24, 2.45) is 0 Å². The van der Waals surface area contributed by atoms with E-state index in [1.165, 1.54) is 0 Å². The zero-order valence-electron chi connectivity index (χ0n) is 69.0. The Bertz CT molecular complexity index is 2990. The molecule has 0 aliphatic heterocycles. The van der Waals surface area contributed by atoms with Gasteiger partial charge in [-0.15, -0.1) is 0 Å². The number of allylic oxidation sites excluding steroid dienone is 35. The molecule has 0 aromatic heterocycles. The minimum absolute atomic E-state index is 0.0586. The van der Waals surface area contributed by atoms with E-state index in [4.69, 9.17) is 37.0 Å². The van der Waals surface area contributed by atoms with Crippen molar-refractivity contribution in [2.45, 2.75) is 303 Å². The molecule has 0 saturated carbocycles. The van der Waals surface area contributed by atoms with Gasteiger partial charge in [0.25, 0.3) is 0 Å². The van der Waals surface area contributed by atoms with Gasteiger partial charge in [-0.05, 0) is 173 Å². The van der Waals surface area contributed by atoms with Crippen LogP contribution >= 0.6 is 15.6 Å². The third kappa shape index (κ3) is 81.4. The lowest BCUT2D eigenvalue weighted by Gasteiger charge is -2.21. The molecule has 0 saturated heterocycles. The Labute approximate surface area is 677 Å². The number of rotatable bonds is 76. The number of phosphoric acid groups is 2. The highest BCUT2D eigenvalue weighted by atomic mass is 31.2. The fraction of sp³-hybridized carbons (Fsp3) is 0.570. The number of carbonyl (C=O) groups excluding carboxylic acids is 4. The summed E-state index contributed by atoms with van der Waals surface area (Å²) in [5.41, 5.74) is 0. The Hall–Kier alpha value is -6.62. The van der Waals surface area contributed by atoms with E-state index in [-0.39, 0.29) is 25.7 Å². The Morgan fingerprint density at radius 2 is 0.473 bits per heavy atom. The minimum Gasteiger partial charge on any atom is -0.462 e. The molecule has 0 aromatic rings. The van der Waals surface area contributed by atoms with Crippen LogP contribution in [-0.4, -0.2) is 96.7 Å². The Kier molecular flexibility index (Phi) is 77.5. The second-order valence-corrected chi connectivity index (χ2v) is 29.8. The van der Waals surface area contributed by atoms with Crippen LogP contribution in [0.2, 0.25) is 0 Å². The number of unbranched alkanes of at least 4 members (excludes halogenated alkanes) is 15. The maximum absolute atomic E-state index is 13.1. The monoisotopic (exact) mass is 1600 g/mol. The van der Waals surface area contributed by atoms with Gasteiger partial charge < -0.3 is 33.8 Å². The summed E-state index contributed by atoms with van der Waals surface area (Å²) in [6.45, 7) is 4.22. The highest BCUT2D eigenvalue weighted by molar-refractivity contribution is 7.47. The van der Waals surface area contributed by atoms with Gasteiger partial charge in [0.1, 0.15) is 19.3 Å². The first-order valence-corrected chi connectivity index (χ1v) is 45.0. The zero-order valence-corrected chi connectivity index (χ0v) is 70.8. The highest BCUT2D eigenvalue weighted by Crippen LogP contribution is 2.45. The number of aliphatic hydroxyl groups excluding tert-OH is 1. The first-order valence-electron chi connectivity index (χ1n) is 42.0. The van der Waals surface area contributed by atoms with E-state index in [0.29, 0.717) is 25.7 Å². The van der Waals surface area contributed by atoms with Gasteiger partial charge in [-0.2, -0.15) is 0 Å². The minimum atomic E-state index is -5.02. The van der Waals surface area contributed by atoms with Crippen molar-refractivity contribution in [3.63, 3.8) is 0 Å². The summed E-state index contributed by atoms with van der Waals surface area (Å²) in [4.78, 5) is 73.2. The fourth-order valence-electron chi connectivity index (χ4n) is 10.2. The number of hydrogen-bond acceptors (Lipinski definition) is 15. The van der Waals surface area contributed by atoms with Gasteiger partial charge in [-0.3, -0.25) is 37.3 Å². The molecular weight excluding hydrogens is 1450 g/mol. The van der Waals surface area contributed by atoms with E-state index in [1.54, 1.807) is 12.2 Å². The van der Waals surface area contributed by atoms with Crippen LogP contribution in [0.5, 0.6) is 0 Å². The molecule has 17 nitrogen and oxygen atoms in total. The van der Waals surface area contributed by atoms with E-state index in [9.17, 15) is 43.2 Å². The molecule has 0 aliphatic carbocycles. The summed E-state index contributed by atoms with van der Waals surface area (Å²) in [6, 6.07) is 0. The maximum Gasteiger partial charge on any atom is 0.472 e. The molecule has 0 rings (SSSR count). The number of ether oxygens (including phenoxy) is 4. The molecule has 0 bridgehead atoms. The first kappa shape index (κ1) is 105. The number of aliphatic hydroxyl groups is 1. The van der Waals surface area contributed by atoms with Crippen LogP contribution in [0.4, 0.5) is 0 Å². The van der Waals surface area contributed by atoms with Crippen molar-refractivity contribution in [3.05, 3.63) is 219 Å². The van der Waals surface area contributed by atoms with E-state index in [0.717, 1.165) is 205 Å². The lowest BCUT2D eigenvalue weighted by atomic mass is 10.1. The predicted molar refractivity (Wildman–Crippen MR) is 463 cm³/mol. The predicted octanol–water partition coefficient (Wildman–Crippen LogP) is 25.2. The van der Waals surface area contributed by atoms with Crippen molar-refractivity contribution < 1.29 is 80.2 Å². The molecule has 0 amide bonds. The molecule has 112 heavy (non-hydrogen) atoms. The van der Waals surface area contributed by atoms with Crippen LogP contribution in [0, 0.1) is 0 Å². The normalized spacial score (nSPS) is 14.9. The van der Waals surface area contributed by atoms with Crippen LogP contribution in [0.3, 0.4) is 0 Å². The molecular formula is C93H146O17P2. The third-order valence-electron chi connectivity index (χ3n) is 16.5. The topological polar surface area (TPSA) is 237 Å². The van der Waals surface area contributed by atoms with Gasteiger partial charge >= 0.3 is 39.5 Å². The number of esters is 4. The number of phosphoric ester groups is 2. The van der Waals surface area contributed by atoms with E-state index < -0.39 is 97.5 Å². The summed E-state index contributed by atoms with van der Waals surface area (Å²) in [7, 11) is -10.0. The van der Waals surface area contributed by atoms with Gasteiger partial charge in [0.2, 0.25) is 0 Å².